The number of nitrogens with one attached hydrogen (secondary N) is 1. The van der Waals surface area contributed by atoms with Gasteiger partial charge in [-0.15, -0.1) is 0 Å². The second kappa shape index (κ2) is 6.43. The Labute approximate surface area is 201 Å². The van der Waals surface area contributed by atoms with E-state index in [1.165, 1.54) is 0 Å². The van der Waals surface area contributed by atoms with Crippen molar-refractivity contribution in [3.63, 3.8) is 0 Å². The molecule has 0 spiro atoms. The van der Waals surface area contributed by atoms with Gasteiger partial charge in [0.15, 0.2) is 5.72 Å². The lowest BCUT2D eigenvalue weighted by atomic mass is 9.88. The van der Waals surface area contributed by atoms with Crippen LogP contribution < -0.4 is 5.32 Å². The number of fused-ring (bicyclic) bond motifs is 13. The van der Waals surface area contributed by atoms with E-state index in [-0.39, 0.29) is 18.2 Å². The quantitative estimate of drug-likeness (QED) is 0.330. The molecule has 3 aliphatic heterocycles. The van der Waals surface area contributed by atoms with Crippen LogP contribution in [0.25, 0.3) is 43.6 Å². The van der Waals surface area contributed by atoms with Crippen molar-refractivity contribution in [1.82, 2.24) is 14.5 Å². The van der Waals surface area contributed by atoms with E-state index in [0.717, 1.165) is 61.2 Å². The number of aliphatic hydroxyl groups excluding tert-OH is 2. The van der Waals surface area contributed by atoms with Crippen LogP contribution in [0.3, 0.4) is 0 Å². The molecule has 0 saturated carbocycles. The summed E-state index contributed by atoms with van der Waals surface area (Å²) in [7, 11) is 1.77. The number of aliphatic hydroxyl groups is 2. The van der Waals surface area contributed by atoms with Crippen LogP contribution in [0, 0.1) is 5.92 Å². The third kappa shape index (κ3) is 2.17. The molecule has 2 unspecified atom stereocenters. The molecule has 2 bridgehead atoms. The molecule has 3 aromatic carbocycles. The Morgan fingerprint density at radius 3 is 2.23 bits per heavy atom. The summed E-state index contributed by atoms with van der Waals surface area (Å²) < 4.78 is 17.8. The van der Waals surface area contributed by atoms with Crippen LogP contribution in [-0.4, -0.2) is 32.6 Å². The van der Waals surface area contributed by atoms with Crippen LogP contribution in [0.4, 0.5) is 0 Å². The second-order valence-electron chi connectivity index (χ2n) is 10.5. The van der Waals surface area contributed by atoms with Gasteiger partial charge in [-0.05, 0) is 31.4 Å². The first-order chi connectivity index (χ1) is 17.0. The third-order valence-electron chi connectivity index (χ3n) is 8.68. The van der Waals surface area contributed by atoms with Gasteiger partial charge in [0.2, 0.25) is 0 Å². The summed E-state index contributed by atoms with van der Waals surface area (Å²) in [6.07, 6.45) is -1.48. The average Bonchev–Trinajstić information content (AvgIpc) is 3.44. The first-order valence-corrected chi connectivity index (χ1v) is 12.3. The number of para-hydroxylation sites is 2. The smallest absolute Gasteiger partial charge is 0.171 e. The van der Waals surface area contributed by atoms with Gasteiger partial charge in [0, 0.05) is 39.8 Å². The van der Waals surface area contributed by atoms with Crippen molar-refractivity contribution in [2.75, 3.05) is 7.11 Å². The number of nitrogens with zero attached hydrogens (tertiary/aromatic N) is 2. The van der Waals surface area contributed by atoms with E-state index >= 15 is 0 Å². The molecule has 1 saturated heterocycles. The summed E-state index contributed by atoms with van der Waals surface area (Å²) >= 11 is 0. The first-order valence-electron chi connectivity index (χ1n) is 12.3. The number of aromatic nitrogens is 2. The van der Waals surface area contributed by atoms with Gasteiger partial charge in [-0.25, -0.2) is 0 Å². The van der Waals surface area contributed by atoms with E-state index in [1.54, 1.807) is 7.11 Å². The molecule has 7 nitrogen and oxygen atoms in total. The highest BCUT2D eigenvalue weighted by molar-refractivity contribution is 6.25. The van der Waals surface area contributed by atoms with Gasteiger partial charge < -0.3 is 28.8 Å². The van der Waals surface area contributed by atoms with Crippen molar-refractivity contribution in [2.24, 2.45) is 5.92 Å². The SMILES string of the molecule is CO[C@@H]1[C@H](C)CC2O[C@]1(C)n1c3ccccc3c3c4c(c5c6ccccc6n2c5c31)C(O)N[C@@H]4O. The number of ether oxygens (including phenoxy) is 2. The summed E-state index contributed by atoms with van der Waals surface area (Å²) in [4.78, 5) is 0. The minimum atomic E-state index is -0.973. The molecule has 0 radical (unpaired) electrons. The van der Waals surface area contributed by atoms with Gasteiger partial charge in [-0.2, -0.15) is 0 Å². The summed E-state index contributed by atoms with van der Waals surface area (Å²) in [5.74, 6) is 0.246. The minimum absolute atomic E-state index is 0.162. The number of benzene rings is 3. The fourth-order valence-electron chi connectivity index (χ4n) is 7.57. The summed E-state index contributed by atoms with van der Waals surface area (Å²) in [6.45, 7) is 4.37. The average molecular weight is 470 g/mol. The molecule has 2 aromatic heterocycles. The lowest BCUT2D eigenvalue weighted by Gasteiger charge is -2.47. The van der Waals surface area contributed by atoms with Gasteiger partial charge >= 0.3 is 0 Å². The van der Waals surface area contributed by atoms with Crippen molar-refractivity contribution in [2.45, 2.75) is 50.8 Å². The molecule has 6 atom stereocenters. The van der Waals surface area contributed by atoms with E-state index < -0.39 is 18.2 Å². The maximum atomic E-state index is 11.2. The maximum absolute atomic E-state index is 11.2. The predicted octanol–water partition coefficient (Wildman–Crippen LogP) is 4.74. The van der Waals surface area contributed by atoms with Crippen LogP contribution in [-0.2, 0) is 15.2 Å². The first kappa shape index (κ1) is 20.3. The third-order valence-corrected chi connectivity index (χ3v) is 8.68. The van der Waals surface area contributed by atoms with Crippen molar-refractivity contribution in [1.29, 1.82) is 0 Å². The Morgan fingerprint density at radius 1 is 0.943 bits per heavy atom. The summed E-state index contributed by atoms with van der Waals surface area (Å²) in [5, 5.41) is 29.4. The second-order valence-corrected chi connectivity index (χ2v) is 10.5. The van der Waals surface area contributed by atoms with E-state index in [4.69, 9.17) is 9.47 Å². The summed E-state index contributed by atoms with van der Waals surface area (Å²) in [5.41, 5.74) is 4.91. The van der Waals surface area contributed by atoms with Crippen molar-refractivity contribution >= 4 is 43.6 Å². The fraction of sp³-hybridized carbons (Fsp3) is 0.357. The normalized spacial score (nSPS) is 31.7. The molecule has 7 heteroatoms. The van der Waals surface area contributed by atoms with E-state index in [1.807, 2.05) is 18.2 Å². The van der Waals surface area contributed by atoms with Gasteiger partial charge in [-0.1, -0.05) is 43.3 Å². The Morgan fingerprint density at radius 2 is 1.54 bits per heavy atom. The zero-order valence-electron chi connectivity index (χ0n) is 19.8. The van der Waals surface area contributed by atoms with E-state index in [9.17, 15) is 10.2 Å². The fourth-order valence-corrected chi connectivity index (χ4v) is 7.57. The van der Waals surface area contributed by atoms with Crippen LogP contribution in [0.1, 0.15) is 50.1 Å². The number of hydrogen-bond acceptors (Lipinski definition) is 5. The largest absolute Gasteiger partial charge is 0.376 e. The Kier molecular flexibility index (Phi) is 3.73. The Bertz CT molecular complexity index is 1720. The molecule has 3 aliphatic rings. The molecule has 8 rings (SSSR count). The molecule has 5 heterocycles. The molecule has 3 N–H and O–H groups in total. The van der Waals surface area contributed by atoms with Gasteiger partial charge in [0.25, 0.3) is 0 Å². The molecule has 178 valence electrons. The predicted molar refractivity (Wildman–Crippen MR) is 134 cm³/mol. The minimum Gasteiger partial charge on any atom is -0.376 e. The van der Waals surface area contributed by atoms with Gasteiger partial charge in [0.05, 0.1) is 22.1 Å². The molecule has 0 aliphatic carbocycles. The maximum Gasteiger partial charge on any atom is 0.171 e. The van der Waals surface area contributed by atoms with Crippen molar-refractivity contribution in [3.8, 4) is 0 Å². The monoisotopic (exact) mass is 469 g/mol. The molecule has 1 fully saturated rings. The standard InChI is InChI=1S/C28H27N3O4/c1-13-12-18-30-16-10-6-4-8-14(16)19-21-22(27(33)29-26(21)32)20-15-9-5-7-11-17(15)31(24(20)23(19)30)28(2,35-18)25(13)34-3/h4-11,13,18,25-27,29,32-33H,12H2,1-3H3/t13-,18?,25-,26?,27-,28+/m1/s1. The highest BCUT2D eigenvalue weighted by Gasteiger charge is 2.52. The van der Waals surface area contributed by atoms with Crippen LogP contribution in [0.2, 0.25) is 0 Å². The zero-order chi connectivity index (χ0) is 23.8. The lowest BCUT2D eigenvalue weighted by molar-refractivity contribution is -0.264. The summed E-state index contributed by atoms with van der Waals surface area (Å²) in [6, 6.07) is 16.6. The molecule has 0 amide bonds. The highest BCUT2D eigenvalue weighted by Crippen LogP contribution is 2.56. The van der Waals surface area contributed by atoms with Gasteiger partial charge in [0.1, 0.15) is 24.8 Å². The van der Waals surface area contributed by atoms with E-state index in [0.29, 0.717) is 0 Å². The Hall–Kier alpha value is -2.94. The van der Waals surface area contributed by atoms with Crippen LogP contribution in [0.5, 0.6) is 0 Å². The number of rotatable bonds is 1. The molecule has 35 heavy (non-hydrogen) atoms. The van der Waals surface area contributed by atoms with E-state index in [2.05, 4.69) is 58.6 Å². The van der Waals surface area contributed by atoms with Crippen LogP contribution >= 0.6 is 0 Å². The van der Waals surface area contributed by atoms with Crippen molar-refractivity contribution in [3.05, 3.63) is 59.7 Å². The molecular formula is C28H27N3O4. The molecular weight excluding hydrogens is 442 g/mol. The lowest BCUT2D eigenvalue weighted by Crippen LogP contribution is -2.53. The number of hydrogen-bond donors (Lipinski definition) is 3. The van der Waals surface area contributed by atoms with Gasteiger partial charge in [-0.3, -0.25) is 5.32 Å². The topological polar surface area (TPSA) is 80.8 Å². The zero-order valence-corrected chi connectivity index (χ0v) is 19.8. The Balaban J connectivity index is 1.75. The van der Waals surface area contributed by atoms with Crippen molar-refractivity contribution < 1.29 is 19.7 Å². The number of methoxy groups -OCH3 is 1. The molecule has 5 aromatic rings. The highest BCUT2D eigenvalue weighted by atomic mass is 16.6. The van der Waals surface area contributed by atoms with Crippen LogP contribution in [0.15, 0.2) is 48.5 Å².